The van der Waals surface area contributed by atoms with Crippen molar-refractivity contribution in [1.29, 1.82) is 0 Å². The van der Waals surface area contributed by atoms with Gasteiger partial charge in [0.2, 0.25) is 0 Å². The van der Waals surface area contributed by atoms with Crippen LogP contribution in [0.2, 0.25) is 0 Å². The molecule has 26 heavy (non-hydrogen) atoms. The maximum Gasteiger partial charge on any atom is 0.273 e. The zero-order valence-electron chi connectivity index (χ0n) is 14.6. The molecule has 7 heteroatoms. The van der Waals surface area contributed by atoms with Crippen LogP contribution in [0, 0.1) is 24.0 Å². The maximum atomic E-state index is 12.9. The van der Waals surface area contributed by atoms with E-state index in [2.05, 4.69) is 29.3 Å². The van der Waals surface area contributed by atoms with Crippen LogP contribution < -0.4 is 0 Å². The minimum Gasteiger partial charge on any atom is -0.286 e. The third-order valence-electron chi connectivity index (χ3n) is 4.27. The molecule has 0 atom stereocenters. The number of nitrogens with zero attached hydrogens (tertiary/aromatic N) is 3. The number of thioether (sulfide) groups is 1. The van der Waals surface area contributed by atoms with Crippen molar-refractivity contribution < 1.29 is 9.72 Å². The Morgan fingerprint density at radius 3 is 2.65 bits per heavy atom. The smallest absolute Gasteiger partial charge is 0.273 e. The second-order valence-corrected chi connectivity index (χ2v) is 7.04. The number of rotatable bonds is 4. The predicted molar refractivity (Wildman–Crippen MR) is 104 cm³/mol. The third-order valence-corrected chi connectivity index (χ3v) is 5.35. The second kappa shape index (κ2) is 7.70. The van der Waals surface area contributed by atoms with E-state index in [1.54, 1.807) is 24.0 Å². The molecule has 2 aromatic carbocycles. The van der Waals surface area contributed by atoms with Crippen LogP contribution in [0.4, 0.5) is 5.69 Å². The molecule has 0 spiro atoms. The normalized spacial score (nSPS) is 13.6. The van der Waals surface area contributed by atoms with Crippen molar-refractivity contribution in [3.63, 3.8) is 0 Å². The fourth-order valence-corrected chi connectivity index (χ4v) is 3.77. The van der Waals surface area contributed by atoms with Crippen LogP contribution in [0.1, 0.15) is 27.0 Å². The lowest BCUT2D eigenvalue weighted by Crippen LogP contribution is -2.33. The number of hydrogen-bond donors (Lipinski definition) is 0. The van der Waals surface area contributed by atoms with E-state index in [9.17, 15) is 14.9 Å². The number of aryl methyl sites for hydroxylation is 1. The number of hydrogen-bond acceptors (Lipinski definition) is 5. The number of amides is 1. The topological polar surface area (TPSA) is 75.8 Å². The Morgan fingerprint density at radius 2 is 1.96 bits per heavy atom. The molecule has 0 saturated heterocycles. The largest absolute Gasteiger partial charge is 0.286 e. The molecule has 2 aromatic rings. The summed E-state index contributed by atoms with van der Waals surface area (Å²) in [6.45, 7) is 4.70. The average molecular weight is 369 g/mol. The van der Waals surface area contributed by atoms with Crippen LogP contribution in [0.15, 0.2) is 47.5 Å². The van der Waals surface area contributed by atoms with E-state index < -0.39 is 4.92 Å². The molecule has 0 radical (unpaired) electrons. The molecular weight excluding hydrogens is 350 g/mol. The van der Waals surface area contributed by atoms with E-state index in [1.807, 2.05) is 6.92 Å². The molecule has 1 amide bonds. The minimum absolute atomic E-state index is 0.0409. The Balaban J connectivity index is 1.75. The van der Waals surface area contributed by atoms with Gasteiger partial charge in [-0.1, -0.05) is 47.7 Å². The molecule has 0 fully saturated rings. The molecule has 134 valence electrons. The van der Waals surface area contributed by atoms with Gasteiger partial charge < -0.3 is 0 Å². The second-order valence-electron chi connectivity index (χ2n) is 6.10. The summed E-state index contributed by atoms with van der Waals surface area (Å²) in [5.41, 5.74) is 3.06. The summed E-state index contributed by atoms with van der Waals surface area (Å²) >= 11 is 1.51. The number of nitro benzene ring substituents is 1. The molecule has 0 saturated carbocycles. The van der Waals surface area contributed by atoms with Crippen LogP contribution >= 0.6 is 11.8 Å². The van der Waals surface area contributed by atoms with Gasteiger partial charge >= 0.3 is 0 Å². The lowest BCUT2D eigenvalue weighted by molar-refractivity contribution is -0.385. The molecule has 1 aliphatic rings. The van der Waals surface area contributed by atoms with Crippen molar-refractivity contribution in [2.24, 2.45) is 4.99 Å². The van der Waals surface area contributed by atoms with Gasteiger partial charge in [-0.15, -0.1) is 0 Å². The SMILES string of the molecule is Cc1ccc(CSC2=NCCN2C(=O)c2cccc([N+](=O)[O-])c2C)cc1. The third kappa shape index (κ3) is 3.77. The lowest BCUT2D eigenvalue weighted by atomic mass is 10.1. The van der Waals surface area contributed by atoms with Gasteiger partial charge in [0, 0.05) is 29.5 Å². The Bertz CT molecular complexity index is 878. The molecule has 1 heterocycles. The number of carbonyl (C=O) groups is 1. The van der Waals surface area contributed by atoms with E-state index in [-0.39, 0.29) is 11.6 Å². The summed E-state index contributed by atoms with van der Waals surface area (Å²) < 4.78 is 0. The van der Waals surface area contributed by atoms with Crippen LogP contribution in [0.3, 0.4) is 0 Å². The first kappa shape index (κ1) is 18.1. The first-order chi connectivity index (χ1) is 12.5. The lowest BCUT2D eigenvalue weighted by Gasteiger charge is -2.19. The molecule has 0 N–H and O–H groups in total. The molecule has 6 nitrogen and oxygen atoms in total. The number of benzene rings is 2. The van der Waals surface area contributed by atoms with Gasteiger partial charge in [-0.25, -0.2) is 0 Å². The first-order valence-corrected chi connectivity index (χ1v) is 9.24. The number of carbonyl (C=O) groups excluding carboxylic acids is 1. The van der Waals surface area contributed by atoms with E-state index in [1.165, 1.54) is 23.4 Å². The van der Waals surface area contributed by atoms with Crippen molar-refractivity contribution in [2.45, 2.75) is 19.6 Å². The molecule has 0 aromatic heterocycles. The summed E-state index contributed by atoms with van der Waals surface area (Å²) in [7, 11) is 0. The highest BCUT2D eigenvalue weighted by atomic mass is 32.2. The summed E-state index contributed by atoms with van der Waals surface area (Å²) in [6, 6.07) is 12.8. The van der Waals surface area contributed by atoms with Crippen molar-refractivity contribution >= 4 is 28.5 Å². The zero-order valence-corrected chi connectivity index (χ0v) is 15.5. The standard InChI is InChI=1S/C19H19N3O3S/c1-13-6-8-15(9-7-13)12-26-19-20-10-11-21(19)18(23)16-4-3-5-17(14(16)2)22(24)25/h3-9H,10-12H2,1-2H3. The van der Waals surface area contributed by atoms with Crippen LogP contribution in [0.5, 0.6) is 0 Å². The Morgan fingerprint density at radius 1 is 1.23 bits per heavy atom. The Labute approximate surface area is 156 Å². The fourth-order valence-electron chi connectivity index (χ4n) is 2.77. The van der Waals surface area contributed by atoms with E-state index >= 15 is 0 Å². The van der Waals surface area contributed by atoms with Gasteiger partial charge in [-0.05, 0) is 25.5 Å². The summed E-state index contributed by atoms with van der Waals surface area (Å²) in [5.74, 6) is 0.482. The van der Waals surface area contributed by atoms with Gasteiger partial charge in [0.1, 0.15) is 0 Å². The average Bonchev–Trinajstić information content (AvgIpc) is 3.09. The van der Waals surface area contributed by atoms with E-state index in [4.69, 9.17) is 0 Å². The summed E-state index contributed by atoms with van der Waals surface area (Å²) in [6.07, 6.45) is 0. The highest BCUT2D eigenvalue weighted by Crippen LogP contribution is 2.26. The van der Waals surface area contributed by atoms with Gasteiger partial charge in [-0.2, -0.15) is 0 Å². The van der Waals surface area contributed by atoms with Crippen molar-refractivity contribution in [2.75, 3.05) is 13.1 Å². The molecular formula is C19H19N3O3S. The zero-order chi connectivity index (χ0) is 18.7. The van der Waals surface area contributed by atoms with Gasteiger partial charge in [0.15, 0.2) is 5.17 Å². The molecule has 0 unspecified atom stereocenters. The van der Waals surface area contributed by atoms with Crippen molar-refractivity contribution in [3.8, 4) is 0 Å². The first-order valence-electron chi connectivity index (χ1n) is 8.26. The van der Waals surface area contributed by atoms with Crippen LogP contribution in [0.25, 0.3) is 0 Å². The van der Waals surface area contributed by atoms with E-state index in [0.29, 0.717) is 29.4 Å². The quantitative estimate of drug-likeness (QED) is 0.604. The van der Waals surface area contributed by atoms with Gasteiger partial charge in [-0.3, -0.25) is 24.8 Å². The Kier molecular flexibility index (Phi) is 5.37. The fraction of sp³-hybridized carbons (Fsp3) is 0.263. The molecule has 0 bridgehead atoms. The Hall–Kier alpha value is -2.67. The van der Waals surface area contributed by atoms with Crippen molar-refractivity contribution in [3.05, 3.63) is 74.8 Å². The van der Waals surface area contributed by atoms with Crippen LogP contribution in [-0.4, -0.2) is 34.0 Å². The van der Waals surface area contributed by atoms with Crippen molar-refractivity contribution in [1.82, 2.24) is 4.90 Å². The predicted octanol–water partition coefficient (Wildman–Crippen LogP) is 3.96. The van der Waals surface area contributed by atoms with E-state index in [0.717, 1.165) is 11.3 Å². The number of nitro groups is 1. The van der Waals surface area contributed by atoms with Crippen LogP contribution in [-0.2, 0) is 5.75 Å². The molecule has 3 rings (SSSR count). The van der Waals surface area contributed by atoms with Gasteiger partial charge in [0.05, 0.1) is 11.5 Å². The monoisotopic (exact) mass is 369 g/mol. The minimum atomic E-state index is -0.461. The summed E-state index contributed by atoms with van der Waals surface area (Å²) in [5, 5.41) is 11.8. The summed E-state index contributed by atoms with van der Waals surface area (Å²) in [4.78, 5) is 29.6. The maximum absolute atomic E-state index is 12.9. The molecule has 0 aliphatic carbocycles. The number of amidine groups is 1. The highest BCUT2D eigenvalue weighted by Gasteiger charge is 2.28. The van der Waals surface area contributed by atoms with Gasteiger partial charge in [0.25, 0.3) is 11.6 Å². The molecule has 1 aliphatic heterocycles. The number of aliphatic imine (C=N–C) groups is 1. The highest BCUT2D eigenvalue weighted by molar-refractivity contribution is 8.13.